The van der Waals surface area contributed by atoms with Crippen molar-refractivity contribution in [1.82, 2.24) is 5.32 Å². The van der Waals surface area contributed by atoms with E-state index < -0.39 is 5.41 Å². The Labute approximate surface area is 188 Å². The van der Waals surface area contributed by atoms with Gasteiger partial charge in [-0.25, -0.2) is 4.99 Å². The highest BCUT2D eigenvalue weighted by Gasteiger charge is 2.52. The van der Waals surface area contributed by atoms with Gasteiger partial charge in [-0.15, -0.1) is 0 Å². The van der Waals surface area contributed by atoms with E-state index in [4.69, 9.17) is 14.2 Å². The molecule has 0 unspecified atom stereocenters. The van der Waals surface area contributed by atoms with E-state index >= 15 is 0 Å². The van der Waals surface area contributed by atoms with Crippen molar-refractivity contribution in [2.45, 2.75) is 39.0 Å². The van der Waals surface area contributed by atoms with Crippen molar-refractivity contribution in [3.63, 3.8) is 0 Å². The van der Waals surface area contributed by atoms with Crippen LogP contribution in [0.25, 0.3) is 5.57 Å². The number of rotatable bonds is 7. The fourth-order valence-electron chi connectivity index (χ4n) is 3.96. The first-order chi connectivity index (χ1) is 15.4. The fraction of sp³-hybridized carbons (Fsp3) is 0.308. The number of hydrogen-bond donors (Lipinski definition) is 1. The molecular formula is C26H28N2O4. The number of ether oxygens (including phenoxy) is 3. The van der Waals surface area contributed by atoms with Crippen molar-refractivity contribution >= 4 is 18.2 Å². The first kappa shape index (κ1) is 21.7. The highest BCUT2D eigenvalue weighted by molar-refractivity contribution is 5.93. The molecule has 2 aliphatic rings. The molecule has 1 N–H and O–H groups in total. The number of amides is 1. The second-order valence-corrected chi connectivity index (χ2v) is 8.21. The quantitative estimate of drug-likeness (QED) is 0.494. The van der Waals surface area contributed by atoms with Gasteiger partial charge in [-0.05, 0) is 92.4 Å². The van der Waals surface area contributed by atoms with E-state index in [0.29, 0.717) is 17.3 Å². The lowest BCUT2D eigenvalue weighted by atomic mass is 9.94. The molecule has 4 rings (SSSR count). The first-order valence-electron chi connectivity index (χ1n) is 10.6. The van der Waals surface area contributed by atoms with E-state index in [9.17, 15) is 4.79 Å². The van der Waals surface area contributed by atoms with Crippen molar-refractivity contribution in [2.24, 2.45) is 4.99 Å². The predicted octanol–water partition coefficient (Wildman–Crippen LogP) is 5.00. The maximum Gasteiger partial charge on any atom is 0.236 e. The molecule has 1 amide bonds. The van der Waals surface area contributed by atoms with Crippen LogP contribution in [0.4, 0.5) is 0 Å². The minimum Gasteiger partial charge on any atom is -0.497 e. The normalized spacial score (nSPS) is 17.1. The lowest BCUT2D eigenvalue weighted by molar-refractivity contribution is -0.122. The summed E-state index contributed by atoms with van der Waals surface area (Å²) in [4.78, 5) is 17.4. The van der Waals surface area contributed by atoms with Crippen LogP contribution < -0.4 is 19.5 Å². The van der Waals surface area contributed by atoms with Gasteiger partial charge in [0.2, 0.25) is 12.7 Å². The summed E-state index contributed by atoms with van der Waals surface area (Å²) in [5.41, 5.74) is 4.45. The highest BCUT2D eigenvalue weighted by Crippen LogP contribution is 2.50. The zero-order valence-corrected chi connectivity index (χ0v) is 19.0. The Balaban J connectivity index is 1.58. The van der Waals surface area contributed by atoms with Crippen LogP contribution in [0.15, 0.2) is 64.4 Å². The van der Waals surface area contributed by atoms with Crippen LogP contribution in [-0.4, -0.2) is 26.5 Å². The highest BCUT2D eigenvalue weighted by atomic mass is 16.7. The Morgan fingerprint density at radius 2 is 1.72 bits per heavy atom. The van der Waals surface area contributed by atoms with Gasteiger partial charge >= 0.3 is 0 Å². The van der Waals surface area contributed by atoms with Crippen LogP contribution in [0.5, 0.6) is 17.2 Å². The third-order valence-electron chi connectivity index (χ3n) is 6.50. The maximum absolute atomic E-state index is 13.3. The molecule has 0 atom stereocenters. The Bertz CT molecular complexity index is 1130. The van der Waals surface area contributed by atoms with Crippen LogP contribution in [-0.2, 0) is 10.2 Å². The van der Waals surface area contributed by atoms with E-state index in [1.165, 1.54) is 0 Å². The Kier molecular flexibility index (Phi) is 5.78. The van der Waals surface area contributed by atoms with Crippen LogP contribution in [0.1, 0.15) is 44.7 Å². The lowest BCUT2D eigenvalue weighted by Crippen LogP contribution is -2.34. The summed E-state index contributed by atoms with van der Waals surface area (Å²) >= 11 is 0. The van der Waals surface area contributed by atoms with Crippen LogP contribution in [0.2, 0.25) is 0 Å². The van der Waals surface area contributed by atoms with Gasteiger partial charge in [0.15, 0.2) is 11.5 Å². The summed E-state index contributed by atoms with van der Waals surface area (Å²) in [7, 11) is 1.65. The first-order valence-corrected chi connectivity index (χ1v) is 10.6. The number of carbonyl (C=O) groups is 1. The summed E-state index contributed by atoms with van der Waals surface area (Å²) < 4.78 is 16.1. The third-order valence-corrected chi connectivity index (χ3v) is 6.50. The van der Waals surface area contributed by atoms with Gasteiger partial charge in [-0.2, -0.15) is 0 Å². The fourth-order valence-corrected chi connectivity index (χ4v) is 3.96. The zero-order chi connectivity index (χ0) is 22.9. The molecule has 0 aromatic heterocycles. The molecule has 2 aromatic carbocycles. The van der Waals surface area contributed by atoms with Crippen LogP contribution in [0, 0.1) is 0 Å². The topological polar surface area (TPSA) is 69.2 Å². The summed E-state index contributed by atoms with van der Waals surface area (Å²) in [6.07, 6.45) is 1.56. The molecule has 32 heavy (non-hydrogen) atoms. The molecule has 0 saturated heterocycles. The predicted molar refractivity (Wildman–Crippen MR) is 125 cm³/mol. The van der Waals surface area contributed by atoms with E-state index in [0.717, 1.165) is 46.4 Å². The van der Waals surface area contributed by atoms with E-state index in [-0.39, 0.29) is 12.7 Å². The molecule has 1 aliphatic heterocycles. The van der Waals surface area contributed by atoms with Gasteiger partial charge < -0.3 is 19.5 Å². The summed E-state index contributed by atoms with van der Waals surface area (Å²) in [5.74, 6) is 2.61. The Morgan fingerprint density at radius 1 is 1.03 bits per heavy atom. The number of fused-ring (bicyclic) bond motifs is 1. The molecule has 0 bridgehead atoms. The molecule has 1 saturated carbocycles. The number of carbonyl (C=O) groups excluding carboxylic acids is 1. The van der Waals surface area contributed by atoms with Crippen molar-refractivity contribution in [3.05, 3.63) is 70.6 Å². The second-order valence-electron chi connectivity index (χ2n) is 8.21. The van der Waals surface area contributed by atoms with Gasteiger partial charge in [0.25, 0.3) is 0 Å². The Hall–Kier alpha value is -3.54. The minimum absolute atomic E-state index is 0.0759. The summed E-state index contributed by atoms with van der Waals surface area (Å²) in [5, 5.41) is 3.03. The standard InChI is InChI=1S/C26H28N2O4/c1-16(17(2)19-6-9-21(30-5)10-7-19)18(3)24(27-4)28-25(29)26(12-13-26)20-8-11-22-23(14-20)32-15-31-22/h6-11,14H,4,12-13,15H2,1-3,5H3,(H,28,29)/b17-16+,24-18+. The van der Waals surface area contributed by atoms with Gasteiger partial charge in [0.05, 0.1) is 12.5 Å². The smallest absolute Gasteiger partial charge is 0.236 e. The van der Waals surface area contributed by atoms with E-state index in [1.807, 2.05) is 56.3 Å². The molecule has 1 heterocycles. The molecule has 0 radical (unpaired) electrons. The van der Waals surface area contributed by atoms with Crippen molar-refractivity contribution in [2.75, 3.05) is 13.9 Å². The molecule has 6 nitrogen and oxygen atoms in total. The average molecular weight is 433 g/mol. The number of allylic oxidation sites excluding steroid dienone is 3. The third kappa shape index (κ3) is 3.88. The monoisotopic (exact) mass is 432 g/mol. The van der Waals surface area contributed by atoms with Crippen molar-refractivity contribution in [1.29, 1.82) is 0 Å². The number of aliphatic imine (C=N–C) groups is 1. The number of nitrogens with one attached hydrogen (secondary N) is 1. The molecule has 166 valence electrons. The van der Waals surface area contributed by atoms with Crippen molar-refractivity contribution in [3.8, 4) is 17.2 Å². The van der Waals surface area contributed by atoms with Gasteiger partial charge in [-0.3, -0.25) is 4.79 Å². The number of hydrogen-bond acceptors (Lipinski definition) is 5. The van der Waals surface area contributed by atoms with E-state index in [1.54, 1.807) is 7.11 Å². The van der Waals surface area contributed by atoms with Crippen LogP contribution >= 0.6 is 0 Å². The molecule has 1 aliphatic carbocycles. The minimum atomic E-state index is -0.570. The zero-order valence-electron chi connectivity index (χ0n) is 19.0. The molecular weight excluding hydrogens is 404 g/mol. The largest absolute Gasteiger partial charge is 0.497 e. The number of benzene rings is 2. The van der Waals surface area contributed by atoms with Gasteiger partial charge in [-0.1, -0.05) is 18.2 Å². The van der Waals surface area contributed by atoms with Gasteiger partial charge in [0, 0.05) is 0 Å². The number of nitrogens with zero attached hydrogens (tertiary/aromatic N) is 1. The molecule has 6 heteroatoms. The van der Waals surface area contributed by atoms with E-state index in [2.05, 4.69) is 24.0 Å². The molecule has 0 spiro atoms. The lowest BCUT2D eigenvalue weighted by Gasteiger charge is -2.18. The second kappa shape index (κ2) is 8.54. The molecule has 2 aromatic rings. The summed E-state index contributed by atoms with van der Waals surface area (Å²) in [6, 6.07) is 13.6. The van der Waals surface area contributed by atoms with Gasteiger partial charge in [0.1, 0.15) is 11.6 Å². The van der Waals surface area contributed by atoms with Crippen LogP contribution in [0.3, 0.4) is 0 Å². The SMILES string of the molecule is C=N/C(NC(=O)C1(c2ccc3c(c2)OCO3)CC1)=C(C)\C(C)=C(/C)c1ccc(OC)cc1. The Morgan fingerprint density at radius 3 is 2.34 bits per heavy atom. The number of methoxy groups -OCH3 is 1. The van der Waals surface area contributed by atoms with Crippen molar-refractivity contribution < 1.29 is 19.0 Å². The molecule has 1 fully saturated rings. The average Bonchev–Trinajstić information content (AvgIpc) is 3.51. The maximum atomic E-state index is 13.3. The summed E-state index contributed by atoms with van der Waals surface area (Å²) in [6.45, 7) is 9.94.